The van der Waals surface area contributed by atoms with E-state index in [0.29, 0.717) is 25.7 Å². The Bertz CT molecular complexity index is 1030. The maximum Gasteiger partial charge on any atom is 0.408 e. The first-order valence-electron chi connectivity index (χ1n) is 9.97. The van der Waals surface area contributed by atoms with Gasteiger partial charge in [0.1, 0.15) is 18.0 Å². The summed E-state index contributed by atoms with van der Waals surface area (Å²) >= 11 is 0. The first-order chi connectivity index (χ1) is 14.4. The van der Waals surface area contributed by atoms with Crippen LogP contribution in [0.5, 0.6) is 5.75 Å². The number of aromatic nitrogens is 2. The Hall–Kier alpha value is -3.36. The summed E-state index contributed by atoms with van der Waals surface area (Å²) < 4.78 is 11.7. The van der Waals surface area contributed by atoms with E-state index in [0.717, 1.165) is 5.56 Å². The standard InChI is InChI=1S/C21H23N3O6/c1-2-29-18(27)15-16(25)17(26)24-14-8-10-21(11-9-14,19(24)22-15)23-20(28)30-12-13-6-4-3-5-7-13/h3-7,14,25H,2,8-12H2,1H3,(H,23,28). The van der Waals surface area contributed by atoms with Crippen molar-refractivity contribution >= 4 is 12.1 Å². The van der Waals surface area contributed by atoms with Crippen molar-refractivity contribution in [3.05, 3.63) is 57.8 Å². The van der Waals surface area contributed by atoms with Crippen LogP contribution in [0.15, 0.2) is 35.1 Å². The molecule has 2 aliphatic heterocycles. The zero-order valence-corrected chi connectivity index (χ0v) is 16.6. The normalized spacial score (nSPS) is 21.6. The second-order valence-corrected chi connectivity index (χ2v) is 7.53. The minimum absolute atomic E-state index is 0.0796. The molecule has 0 saturated heterocycles. The Kier molecular flexibility index (Phi) is 5.19. The van der Waals surface area contributed by atoms with Crippen LogP contribution in [0.4, 0.5) is 4.79 Å². The Morgan fingerprint density at radius 2 is 1.93 bits per heavy atom. The summed E-state index contributed by atoms with van der Waals surface area (Å²) in [4.78, 5) is 41.8. The maximum absolute atomic E-state index is 12.8. The number of carbonyl (C=O) groups is 2. The van der Waals surface area contributed by atoms with E-state index in [2.05, 4.69) is 10.3 Å². The monoisotopic (exact) mass is 413 g/mol. The van der Waals surface area contributed by atoms with Gasteiger partial charge in [-0.1, -0.05) is 30.3 Å². The molecule has 2 N–H and O–H groups in total. The molecule has 2 aromatic rings. The van der Waals surface area contributed by atoms with E-state index >= 15 is 0 Å². The van der Waals surface area contributed by atoms with Crippen LogP contribution in [-0.4, -0.2) is 33.3 Å². The number of aromatic hydroxyl groups is 1. The molecule has 1 aliphatic carbocycles. The van der Waals surface area contributed by atoms with Gasteiger partial charge in [0.25, 0.3) is 5.56 Å². The summed E-state index contributed by atoms with van der Waals surface area (Å²) in [6.07, 6.45) is 1.76. The quantitative estimate of drug-likeness (QED) is 0.722. The van der Waals surface area contributed by atoms with Crippen molar-refractivity contribution in [1.82, 2.24) is 14.9 Å². The molecule has 0 atom stereocenters. The van der Waals surface area contributed by atoms with Gasteiger partial charge in [-0.2, -0.15) is 0 Å². The first-order valence-corrected chi connectivity index (χ1v) is 9.97. The summed E-state index contributed by atoms with van der Waals surface area (Å²) in [6.45, 7) is 1.80. The van der Waals surface area contributed by atoms with E-state index in [4.69, 9.17) is 9.47 Å². The summed E-state index contributed by atoms with van der Waals surface area (Å²) in [7, 11) is 0. The fourth-order valence-corrected chi connectivity index (χ4v) is 4.26. The zero-order chi connectivity index (χ0) is 21.3. The Balaban J connectivity index is 1.64. The molecule has 5 rings (SSSR count). The highest BCUT2D eigenvalue weighted by atomic mass is 16.5. The SMILES string of the molecule is CCOC(=O)c1nc2n(c(=O)c1O)C1CCC2(NC(=O)OCc2ccccc2)CC1. The number of hydrogen-bond donors (Lipinski definition) is 2. The fraction of sp³-hybridized carbons (Fsp3) is 0.429. The number of nitrogens with zero attached hydrogens (tertiary/aromatic N) is 2. The highest BCUT2D eigenvalue weighted by molar-refractivity contribution is 5.90. The predicted molar refractivity (Wildman–Crippen MR) is 105 cm³/mol. The Labute approximate surface area is 172 Å². The van der Waals surface area contributed by atoms with Crippen LogP contribution < -0.4 is 10.9 Å². The maximum atomic E-state index is 12.8. The molecule has 9 nitrogen and oxygen atoms in total. The lowest BCUT2D eigenvalue weighted by Gasteiger charge is -2.47. The molecule has 1 aromatic carbocycles. The number of esters is 1. The van der Waals surface area contributed by atoms with Gasteiger partial charge in [0.05, 0.1) is 6.61 Å². The topological polar surface area (TPSA) is 120 Å². The molecule has 9 heteroatoms. The van der Waals surface area contributed by atoms with Gasteiger partial charge in [-0.15, -0.1) is 0 Å². The van der Waals surface area contributed by atoms with Gasteiger partial charge in [-0.3, -0.25) is 9.36 Å². The van der Waals surface area contributed by atoms with E-state index in [1.807, 2.05) is 30.3 Å². The first kappa shape index (κ1) is 19.9. The average molecular weight is 413 g/mol. The highest BCUT2D eigenvalue weighted by Gasteiger charge is 2.49. The number of hydrogen-bond acceptors (Lipinski definition) is 7. The lowest BCUT2D eigenvalue weighted by molar-refractivity contribution is 0.0507. The molecule has 1 fully saturated rings. The molecule has 3 heterocycles. The van der Waals surface area contributed by atoms with E-state index in [1.54, 1.807) is 6.92 Å². The van der Waals surface area contributed by atoms with Crippen LogP contribution in [0, 0.1) is 0 Å². The van der Waals surface area contributed by atoms with Crippen molar-refractivity contribution in [1.29, 1.82) is 0 Å². The summed E-state index contributed by atoms with van der Waals surface area (Å²) in [5, 5.41) is 13.1. The van der Waals surface area contributed by atoms with Crippen molar-refractivity contribution in [2.75, 3.05) is 6.61 Å². The average Bonchev–Trinajstić information content (AvgIpc) is 2.76. The molecule has 158 valence electrons. The van der Waals surface area contributed by atoms with Crippen LogP contribution in [-0.2, 0) is 21.6 Å². The van der Waals surface area contributed by atoms with Crippen LogP contribution in [0.1, 0.15) is 60.5 Å². The van der Waals surface area contributed by atoms with Crippen LogP contribution in [0.3, 0.4) is 0 Å². The third kappa shape index (κ3) is 3.40. The van der Waals surface area contributed by atoms with Crippen LogP contribution in [0.25, 0.3) is 0 Å². The minimum Gasteiger partial charge on any atom is -0.501 e. The van der Waals surface area contributed by atoms with Crippen molar-refractivity contribution < 1.29 is 24.2 Å². The van der Waals surface area contributed by atoms with E-state index in [9.17, 15) is 19.5 Å². The van der Waals surface area contributed by atoms with E-state index in [-0.39, 0.29) is 25.1 Å². The zero-order valence-electron chi connectivity index (χ0n) is 16.6. The second kappa shape index (κ2) is 7.81. The summed E-state index contributed by atoms with van der Waals surface area (Å²) in [5.74, 6) is -1.35. The van der Waals surface area contributed by atoms with Gasteiger partial charge in [0, 0.05) is 6.04 Å². The third-order valence-corrected chi connectivity index (χ3v) is 5.72. The number of carbonyl (C=O) groups excluding carboxylic acids is 2. The smallest absolute Gasteiger partial charge is 0.408 e. The highest BCUT2D eigenvalue weighted by Crippen LogP contribution is 2.46. The lowest BCUT2D eigenvalue weighted by Crippen LogP contribution is -2.56. The van der Waals surface area contributed by atoms with E-state index in [1.165, 1.54) is 4.57 Å². The third-order valence-electron chi connectivity index (χ3n) is 5.72. The van der Waals surface area contributed by atoms with Gasteiger partial charge in [-0.25, -0.2) is 14.6 Å². The number of amides is 1. The van der Waals surface area contributed by atoms with Gasteiger partial charge < -0.3 is 19.9 Å². The van der Waals surface area contributed by atoms with Crippen molar-refractivity contribution in [2.24, 2.45) is 0 Å². The van der Waals surface area contributed by atoms with Gasteiger partial charge in [-0.05, 0) is 38.2 Å². The predicted octanol–water partition coefficient (Wildman–Crippen LogP) is 2.38. The molecular formula is C21H23N3O6. The van der Waals surface area contributed by atoms with Crippen LogP contribution in [0.2, 0.25) is 0 Å². The van der Waals surface area contributed by atoms with E-state index < -0.39 is 34.6 Å². The fourth-order valence-electron chi connectivity index (χ4n) is 4.26. The Morgan fingerprint density at radius 1 is 1.23 bits per heavy atom. The molecule has 0 unspecified atom stereocenters. The van der Waals surface area contributed by atoms with Crippen molar-refractivity contribution in [2.45, 2.75) is 50.8 Å². The molecule has 1 aromatic heterocycles. The summed E-state index contributed by atoms with van der Waals surface area (Å²) in [6, 6.07) is 9.15. The number of nitrogens with one attached hydrogen (secondary N) is 1. The number of rotatable bonds is 5. The molecule has 1 amide bonds. The second-order valence-electron chi connectivity index (χ2n) is 7.53. The summed E-state index contributed by atoms with van der Waals surface area (Å²) in [5.41, 5.74) is -1.23. The van der Waals surface area contributed by atoms with Crippen molar-refractivity contribution in [3.63, 3.8) is 0 Å². The molecule has 1 saturated carbocycles. The van der Waals surface area contributed by atoms with Gasteiger partial charge in [0.2, 0.25) is 5.75 Å². The largest absolute Gasteiger partial charge is 0.501 e. The minimum atomic E-state index is -0.948. The molecule has 0 radical (unpaired) electrons. The number of benzene rings is 1. The molecular weight excluding hydrogens is 390 g/mol. The molecule has 2 bridgehead atoms. The lowest BCUT2D eigenvalue weighted by atomic mass is 9.74. The van der Waals surface area contributed by atoms with Gasteiger partial charge in [0.15, 0.2) is 5.69 Å². The van der Waals surface area contributed by atoms with Gasteiger partial charge >= 0.3 is 12.1 Å². The molecule has 30 heavy (non-hydrogen) atoms. The molecule has 0 spiro atoms. The Morgan fingerprint density at radius 3 is 2.60 bits per heavy atom. The molecule has 3 aliphatic rings. The van der Waals surface area contributed by atoms with Crippen molar-refractivity contribution in [3.8, 4) is 5.75 Å². The number of alkyl carbamates (subject to hydrolysis) is 1. The number of fused-ring (bicyclic) bond motifs is 2. The van der Waals surface area contributed by atoms with Crippen LogP contribution >= 0.6 is 0 Å². The number of ether oxygens (including phenoxy) is 2.